The monoisotopic (exact) mass is 371 g/mol. The second-order valence-electron chi connectivity index (χ2n) is 4.91. The van der Waals surface area contributed by atoms with Crippen LogP contribution in [0.5, 0.6) is 0 Å². The van der Waals surface area contributed by atoms with Crippen LogP contribution in [-0.4, -0.2) is 8.42 Å². The molecule has 0 saturated heterocycles. The first kappa shape index (κ1) is 14.3. The van der Waals surface area contributed by atoms with E-state index in [2.05, 4.69) is 20.7 Å². The number of benzene rings is 1. The van der Waals surface area contributed by atoms with Crippen LogP contribution in [0.2, 0.25) is 0 Å². The van der Waals surface area contributed by atoms with Gasteiger partial charge in [-0.2, -0.15) is 0 Å². The lowest BCUT2D eigenvalue weighted by atomic mass is 10.0. The highest BCUT2D eigenvalue weighted by Gasteiger charge is 2.35. The molecule has 1 aromatic heterocycles. The van der Waals surface area contributed by atoms with Crippen molar-refractivity contribution in [2.75, 3.05) is 0 Å². The molecule has 1 aromatic carbocycles. The molecule has 1 saturated carbocycles. The van der Waals surface area contributed by atoms with Gasteiger partial charge in [0.15, 0.2) is 0 Å². The van der Waals surface area contributed by atoms with Gasteiger partial charge in [-0.15, -0.1) is 11.3 Å². The summed E-state index contributed by atoms with van der Waals surface area (Å²) in [6.45, 7) is 0. The Morgan fingerprint density at radius 3 is 2.40 bits per heavy atom. The fourth-order valence-corrected chi connectivity index (χ4v) is 5.51. The third kappa shape index (κ3) is 3.14. The Bertz CT molecular complexity index is 693. The molecule has 1 aliphatic rings. The smallest absolute Gasteiger partial charge is 0.206 e. The van der Waals surface area contributed by atoms with Crippen LogP contribution in [-0.2, 0) is 10.0 Å². The summed E-state index contributed by atoms with van der Waals surface area (Å²) < 4.78 is 28.9. The van der Waals surface area contributed by atoms with Gasteiger partial charge in [0.2, 0.25) is 0 Å². The van der Waals surface area contributed by atoms with Gasteiger partial charge in [-0.1, -0.05) is 30.3 Å². The van der Waals surface area contributed by atoms with E-state index in [4.69, 9.17) is 0 Å². The Morgan fingerprint density at radius 1 is 1.15 bits per heavy atom. The summed E-state index contributed by atoms with van der Waals surface area (Å²) in [5.74, 6) is 0.413. The van der Waals surface area contributed by atoms with Gasteiger partial charge in [-0.05, 0) is 52.4 Å². The van der Waals surface area contributed by atoms with Crippen molar-refractivity contribution in [1.82, 2.24) is 4.72 Å². The Labute approximate surface area is 131 Å². The average molecular weight is 372 g/mol. The van der Waals surface area contributed by atoms with Crippen LogP contribution in [0.1, 0.15) is 24.4 Å². The van der Waals surface area contributed by atoms with Gasteiger partial charge < -0.3 is 0 Å². The lowest BCUT2D eigenvalue weighted by Crippen LogP contribution is -2.29. The van der Waals surface area contributed by atoms with E-state index in [1.807, 2.05) is 30.3 Å². The molecule has 1 fully saturated rings. The minimum Gasteiger partial charge on any atom is -0.206 e. The number of nitrogens with one attached hydrogen (secondary N) is 1. The largest absolute Gasteiger partial charge is 0.250 e. The third-order valence-corrected chi connectivity index (χ3v) is 6.90. The SMILES string of the molecule is O=S(=O)(NC(c1ccccc1)C1CC1)c1ccc(Br)s1. The molecule has 20 heavy (non-hydrogen) atoms. The number of sulfonamides is 1. The van der Waals surface area contributed by atoms with Gasteiger partial charge in [0.25, 0.3) is 10.0 Å². The van der Waals surface area contributed by atoms with Crippen molar-refractivity contribution in [1.29, 1.82) is 0 Å². The van der Waals surface area contributed by atoms with Crippen LogP contribution in [0.25, 0.3) is 0 Å². The molecule has 6 heteroatoms. The van der Waals surface area contributed by atoms with Crippen LogP contribution >= 0.6 is 27.3 Å². The van der Waals surface area contributed by atoms with Crippen molar-refractivity contribution in [3.63, 3.8) is 0 Å². The quantitative estimate of drug-likeness (QED) is 0.864. The molecule has 1 unspecified atom stereocenters. The highest BCUT2D eigenvalue weighted by molar-refractivity contribution is 9.11. The number of halogens is 1. The summed E-state index contributed by atoms with van der Waals surface area (Å²) in [6.07, 6.45) is 2.16. The van der Waals surface area contributed by atoms with E-state index in [-0.39, 0.29) is 6.04 Å². The third-order valence-electron chi connectivity index (χ3n) is 3.35. The summed E-state index contributed by atoms with van der Waals surface area (Å²) in [5.41, 5.74) is 1.04. The molecule has 3 rings (SSSR count). The first-order valence-electron chi connectivity index (χ1n) is 6.39. The number of hydrogen-bond donors (Lipinski definition) is 1. The zero-order valence-corrected chi connectivity index (χ0v) is 13.8. The van der Waals surface area contributed by atoms with Crippen molar-refractivity contribution < 1.29 is 8.42 Å². The Kier molecular flexibility index (Phi) is 3.99. The molecular formula is C14H14BrNO2S2. The van der Waals surface area contributed by atoms with E-state index in [1.54, 1.807) is 12.1 Å². The molecule has 3 nitrogen and oxygen atoms in total. The van der Waals surface area contributed by atoms with E-state index < -0.39 is 10.0 Å². The molecular weight excluding hydrogens is 358 g/mol. The molecule has 2 aromatic rings. The van der Waals surface area contributed by atoms with Gasteiger partial charge in [-0.3, -0.25) is 0 Å². The van der Waals surface area contributed by atoms with Crippen LogP contribution in [0.15, 0.2) is 50.5 Å². The molecule has 1 aliphatic carbocycles. The number of thiophene rings is 1. The minimum atomic E-state index is -3.45. The maximum Gasteiger partial charge on any atom is 0.250 e. The molecule has 0 aliphatic heterocycles. The maximum atomic E-state index is 12.4. The standard InChI is InChI=1S/C14H14BrNO2S2/c15-12-8-9-13(19-12)20(17,18)16-14(11-6-7-11)10-4-2-1-3-5-10/h1-5,8-9,11,14,16H,6-7H2. The lowest BCUT2D eigenvalue weighted by Gasteiger charge is -2.18. The van der Waals surface area contributed by atoms with Gasteiger partial charge in [0.05, 0.1) is 3.79 Å². The Balaban J connectivity index is 1.87. The summed E-state index contributed by atoms with van der Waals surface area (Å²) in [4.78, 5) is 0. The van der Waals surface area contributed by atoms with Crippen molar-refractivity contribution in [2.24, 2.45) is 5.92 Å². The van der Waals surface area contributed by atoms with E-state index in [0.717, 1.165) is 22.2 Å². The molecule has 1 heterocycles. The lowest BCUT2D eigenvalue weighted by molar-refractivity contribution is 0.530. The van der Waals surface area contributed by atoms with Crippen molar-refractivity contribution in [3.8, 4) is 0 Å². The van der Waals surface area contributed by atoms with Gasteiger partial charge in [0, 0.05) is 6.04 Å². The normalized spacial score (nSPS) is 17.1. The first-order valence-corrected chi connectivity index (χ1v) is 9.48. The molecule has 0 amide bonds. The van der Waals surface area contributed by atoms with Crippen LogP contribution in [0.4, 0.5) is 0 Å². The van der Waals surface area contributed by atoms with Crippen LogP contribution in [0.3, 0.4) is 0 Å². The Morgan fingerprint density at radius 2 is 1.85 bits per heavy atom. The van der Waals surface area contributed by atoms with E-state index in [9.17, 15) is 8.42 Å². The highest BCUT2D eigenvalue weighted by atomic mass is 79.9. The molecule has 106 valence electrons. The molecule has 0 bridgehead atoms. The zero-order valence-electron chi connectivity index (χ0n) is 10.6. The van der Waals surface area contributed by atoms with Gasteiger partial charge in [0.1, 0.15) is 4.21 Å². The Hall–Kier alpha value is -0.690. The second-order valence-corrected chi connectivity index (χ2v) is 9.31. The van der Waals surface area contributed by atoms with Crippen molar-refractivity contribution in [3.05, 3.63) is 51.8 Å². The predicted octanol–water partition coefficient (Wildman–Crippen LogP) is 3.94. The minimum absolute atomic E-state index is 0.123. The van der Waals surface area contributed by atoms with Gasteiger partial charge in [-0.25, -0.2) is 13.1 Å². The molecule has 1 N–H and O–H groups in total. The topological polar surface area (TPSA) is 46.2 Å². The van der Waals surface area contributed by atoms with E-state index in [0.29, 0.717) is 10.1 Å². The summed E-state index contributed by atoms with van der Waals surface area (Å²) in [5, 5.41) is 0. The van der Waals surface area contributed by atoms with E-state index in [1.165, 1.54) is 11.3 Å². The second kappa shape index (κ2) is 5.60. The van der Waals surface area contributed by atoms with E-state index >= 15 is 0 Å². The summed E-state index contributed by atoms with van der Waals surface area (Å²) >= 11 is 4.53. The van der Waals surface area contributed by atoms with Gasteiger partial charge >= 0.3 is 0 Å². The average Bonchev–Trinajstić information content (AvgIpc) is 3.18. The number of rotatable bonds is 5. The fraction of sp³-hybridized carbons (Fsp3) is 0.286. The van der Waals surface area contributed by atoms with Crippen LogP contribution < -0.4 is 4.72 Å². The summed E-state index contributed by atoms with van der Waals surface area (Å²) in [7, 11) is -3.45. The number of hydrogen-bond acceptors (Lipinski definition) is 3. The van der Waals surface area contributed by atoms with Crippen molar-refractivity contribution in [2.45, 2.75) is 23.1 Å². The van der Waals surface area contributed by atoms with Crippen LogP contribution in [0, 0.1) is 5.92 Å². The highest BCUT2D eigenvalue weighted by Crippen LogP contribution is 2.42. The maximum absolute atomic E-state index is 12.4. The first-order chi connectivity index (χ1) is 9.56. The molecule has 0 radical (unpaired) electrons. The molecule has 0 spiro atoms. The fourth-order valence-electron chi connectivity index (χ4n) is 2.19. The zero-order chi connectivity index (χ0) is 14.2. The summed E-state index contributed by atoms with van der Waals surface area (Å²) in [6, 6.07) is 13.1. The predicted molar refractivity (Wildman–Crippen MR) is 84.2 cm³/mol. The molecule has 1 atom stereocenters. The van der Waals surface area contributed by atoms with Crippen molar-refractivity contribution >= 4 is 37.3 Å².